The average molecular weight is 175 g/mol. The van der Waals surface area contributed by atoms with Crippen LogP contribution in [0.1, 0.15) is 20.8 Å². The van der Waals surface area contributed by atoms with Gasteiger partial charge in [-0.25, -0.2) is 0 Å². The van der Waals surface area contributed by atoms with E-state index in [1.165, 1.54) is 0 Å². The second kappa shape index (κ2) is 6.40. The Kier molecular flexibility index (Phi) is 6.34. The van der Waals surface area contributed by atoms with E-state index in [-0.39, 0.29) is 6.29 Å². The van der Waals surface area contributed by atoms with Crippen molar-refractivity contribution in [2.24, 2.45) is 5.92 Å². The Hall–Kier alpha value is -0.120. The molecular weight excluding hydrogens is 154 g/mol. The molecule has 3 nitrogen and oxygen atoms in total. The lowest BCUT2D eigenvalue weighted by Gasteiger charge is -2.20. The van der Waals surface area contributed by atoms with Crippen molar-refractivity contribution in [2.75, 3.05) is 20.8 Å². The first-order chi connectivity index (χ1) is 5.61. The van der Waals surface area contributed by atoms with E-state index in [1.807, 2.05) is 0 Å². The maximum atomic E-state index is 5.04. The number of nitrogens with one attached hydrogen (secondary N) is 1. The molecule has 0 aromatic heterocycles. The molecule has 0 heterocycles. The van der Waals surface area contributed by atoms with Crippen LogP contribution in [0.25, 0.3) is 0 Å². The molecule has 0 spiro atoms. The second-order valence-corrected chi connectivity index (χ2v) is 3.34. The predicted octanol–water partition coefficient (Wildman–Crippen LogP) is 1.24. The first-order valence-electron chi connectivity index (χ1n) is 4.40. The van der Waals surface area contributed by atoms with Crippen molar-refractivity contribution in [1.29, 1.82) is 0 Å². The predicted molar refractivity (Wildman–Crippen MR) is 50.1 cm³/mol. The van der Waals surface area contributed by atoms with Crippen LogP contribution in [0.3, 0.4) is 0 Å². The van der Waals surface area contributed by atoms with Gasteiger partial charge in [0.25, 0.3) is 0 Å². The Labute approximate surface area is 75.4 Å². The Morgan fingerprint density at radius 1 is 1.08 bits per heavy atom. The molecule has 0 fully saturated rings. The summed E-state index contributed by atoms with van der Waals surface area (Å²) in [4.78, 5) is 0. The van der Waals surface area contributed by atoms with Crippen molar-refractivity contribution in [3.63, 3.8) is 0 Å². The highest BCUT2D eigenvalue weighted by atomic mass is 16.7. The van der Waals surface area contributed by atoms with Gasteiger partial charge in [0.1, 0.15) is 0 Å². The van der Waals surface area contributed by atoms with Gasteiger partial charge in [0.15, 0.2) is 6.29 Å². The van der Waals surface area contributed by atoms with Gasteiger partial charge in [-0.15, -0.1) is 0 Å². The Morgan fingerprint density at radius 3 is 1.92 bits per heavy atom. The van der Waals surface area contributed by atoms with Crippen molar-refractivity contribution in [2.45, 2.75) is 33.1 Å². The molecule has 74 valence electrons. The van der Waals surface area contributed by atoms with Crippen LogP contribution in [-0.2, 0) is 9.47 Å². The fraction of sp³-hybridized carbons (Fsp3) is 1.00. The number of hydrogen-bond donors (Lipinski definition) is 1. The summed E-state index contributed by atoms with van der Waals surface area (Å²) >= 11 is 0. The molecule has 0 aliphatic rings. The molecule has 0 aliphatic carbocycles. The van der Waals surface area contributed by atoms with Crippen LogP contribution in [0.4, 0.5) is 0 Å². The lowest BCUT2D eigenvalue weighted by molar-refractivity contribution is -0.100. The summed E-state index contributed by atoms with van der Waals surface area (Å²) in [6, 6.07) is 0.498. The highest BCUT2D eigenvalue weighted by Gasteiger charge is 2.09. The smallest absolute Gasteiger partial charge is 0.169 e. The quantitative estimate of drug-likeness (QED) is 0.616. The third-order valence-corrected chi connectivity index (χ3v) is 2.13. The summed E-state index contributed by atoms with van der Waals surface area (Å²) in [6.07, 6.45) is -0.133. The van der Waals surface area contributed by atoms with Crippen LogP contribution in [0.5, 0.6) is 0 Å². The Morgan fingerprint density at radius 2 is 1.58 bits per heavy atom. The molecule has 0 rings (SSSR count). The van der Waals surface area contributed by atoms with E-state index < -0.39 is 0 Å². The fourth-order valence-electron chi connectivity index (χ4n) is 0.781. The molecule has 0 bridgehead atoms. The molecule has 0 unspecified atom stereocenters. The van der Waals surface area contributed by atoms with Crippen molar-refractivity contribution in [3.05, 3.63) is 0 Å². The number of ether oxygens (including phenoxy) is 2. The van der Waals surface area contributed by atoms with E-state index in [0.29, 0.717) is 12.0 Å². The lowest BCUT2D eigenvalue weighted by atomic mass is 10.1. The SMILES string of the molecule is COC(CN[C@H](C)C(C)C)OC. The minimum atomic E-state index is -0.133. The minimum Gasteiger partial charge on any atom is -0.355 e. The monoisotopic (exact) mass is 175 g/mol. The topological polar surface area (TPSA) is 30.5 Å². The number of rotatable bonds is 6. The van der Waals surface area contributed by atoms with Gasteiger partial charge in [0, 0.05) is 26.8 Å². The maximum Gasteiger partial charge on any atom is 0.169 e. The summed E-state index contributed by atoms with van der Waals surface area (Å²) in [5, 5.41) is 3.33. The first kappa shape index (κ1) is 11.9. The van der Waals surface area contributed by atoms with Crippen molar-refractivity contribution >= 4 is 0 Å². The van der Waals surface area contributed by atoms with Crippen molar-refractivity contribution < 1.29 is 9.47 Å². The standard InChI is InChI=1S/C9H21NO2/c1-7(2)8(3)10-6-9(11-4)12-5/h7-10H,6H2,1-5H3/t8-/m1/s1. The molecule has 0 saturated heterocycles. The first-order valence-corrected chi connectivity index (χ1v) is 4.40. The molecule has 0 radical (unpaired) electrons. The highest BCUT2D eigenvalue weighted by Crippen LogP contribution is 2.00. The van der Waals surface area contributed by atoms with E-state index in [0.717, 1.165) is 6.54 Å². The van der Waals surface area contributed by atoms with Gasteiger partial charge in [-0.05, 0) is 12.8 Å². The lowest BCUT2D eigenvalue weighted by Crippen LogP contribution is -2.38. The highest BCUT2D eigenvalue weighted by molar-refractivity contribution is 4.64. The van der Waals surface area contributed by atoms with Gasteiger partial charge in [-0.3, -0.25) is 0 Å². The van der Waals surface area contributed by atoms with E-state index in [1.54, 1.807) is 14.2 Å². The van der Waals surface area contributed by atoms with Gasteiger partial charge in [0.2, 0.25) is 0 Å². The molecule has 1 N–H and O–H groups in total. The summed E-state index contributed by atoms with van der Waals surface area (Å²) in [5.74, 6) is 0.638. The molecule has 1 atom stereocenters. The zero-order valence-electron chi connectivity index (χ0n) is 8.76. The molecule has 0 amide bonds. The molecule has 0 aromatic rings. The van der Waals surface area contributed by atoms with E-state index in [4.69, 9.17) is 9.47 Å². The summed E-state index contributed by atoms with van der Waals surface area (Å²) in [7, 11) is 3.30. The van der Waals surface area contributed by atoms with Crippen LogP contribution >= 0.6 is 0 Å². The molecular formula is C9H21NO2. The molecule has 12 heavy (non-hydrogen) atoms. The molecule has 0 aromatic carbocycles. The molecule has 0 aliphatic heterocycles. The minimum absolute atomic E-state index is 0.133. The summed E-state index contributed by atoms with van der Waals surface area (Å²) in [6.45, 7) is 7.28. The van der Waals surface area contributed by atoms with Gasteiger partial charge in [0.05, 0.1) is 0 Å². The summed E-state index contributed by atoms with van der Waals surface area (Å²) in [5.41, 5.74) is 0. The average Bonchev–Trinajstić information content (AvgIpc) is 2.05. The fourth-order valence-corrected chi connectivity index (χ4v) is 0.781. The Bertz CT molecular complexity index is 101. The second-order valence-electron chi connectivity index (χ2n) is 3.34. The zero-order valence-corrected chi connectivity index (χ0v) is 8.76. The van der Waals surface area contributed by atoms with Crippen LogP contribution in [0.15, 0.2) is 0 Å². The Balaban J connectivity index is 3.51. The van der Waals surface area contributed by atoms with Crippen LogP contribution in [-0.4, -0.2) is 33.1 Å². The maximum absolute atomic E-state index is 5.04. The van der Waals surface area contributed by atoms with Crippen LogP contribution in [0.2, 0.25) is 0 Å². The number of methoxy groups -OCH3 is 2. The van der Waals surface area contributed by atoms with Gasteiger partial charge in [-0.1, -0.05) is 13.8 Å². The third kappa shape index (κ3) is 4.70. The van der Waals surface area contributed by atoms with Crippen molar-refractivity contribution in [1.82, 2.24) is 5.32 Å². The molecule has 0 saturated carbocycles. The molecule has 3 heteroatoms. The third-order valence-electron chi connectivity index (χ3n) is 2.13. The van der Waals surface area contributed by atoms with Gasteiger partial charge in [-0.2, -0.15) is 0 Å². The van der Waals surface area contributed by atoms with E-state index >= 15 is 0 Å². The van der Waals surface area contributed by atoms with Gasteiger partial charge < -0.3 is 14.8 Å². The zero-order chi connectivity index (χ0) is 9.56. The van der Waals surface area contributed by atoms with E-state index in [9.17, 15) is 0 Å². The van der Waals surface area contributed by atoms with Crippen molar-refractivity contribution in [3.8, 4) is 0 Å². The van der Waals surface area contributed by atoms with Gasteiger partial charge >= 0.3 is 0 Å². The number of hydrogen-bond acceptors (Lipinski definition) is 3. The van der Waals surface area contributed by atoms with E-state index in [2.05, 4.69) is 26.1 Å². The van der Waals surface area contributed by atoms with Crippen LogP contribution in [0, 0.1) is 5.92 Å². The largest absolute Gasteiger partial charge is 0.355 e. The van der Waals surface area contributed by atoms with Crippen LogP contribution < -0.4 is 5.32 Å². The normalized spacial score (nSPS) is 14.2. The summed E-state index contributed by atoms with van der Waals surface area (Å²) < 4.78 is 10.1.